The van der Waals surface area contributed by atoms with Crippen molar-refractivity contribution >= 4 is 11.9 Å². The van der Waals surface area contributed by atoms with Crippen molar-refractivity contribution < 1.29 is 9.90 Å². The first-order chi connectivity index (χ1) is 7.75. The molecule has 0 spiro atoms. The van der Waals surface area contributed by atoms with Crippen LogP contribution in [0.5, 0.6) is 0 Å². The van der Waals surface area contributed by atoms with Gasteiger partial charge in [0.25, 0.3) is 0 Å². The number of carboxylic acid groups (broad SMARTS) is 1. The molecule has 5 heteroatoms. The van der Waals surface area contributed by atoms with E-state index in [2.05, 4.69) is 10.3 Å². The Kier molecular flexibility index (Phi) is 2.12. The van der Waals surface area contributed by atoms with Gasteiger partial charge in [0.2, 0.25) is 5.95 Å². The third-order valence-corrected chi connectivity index (χ3v) is 3.70. The summed E-state index contributed by atoms with van der Waals surface area (Å²) in [6.07, 6.45) is 6.58. The van der Waals surface area contributed by atoms with Crippen molar-refractivity contribution in [2.75, 3.05) is 11.9 Å². The smallest absolute Gasteiger partial charge is 0.356 e. The number of nitrogens with one attached hydrogen (secondary N) is 1. The van der Waals surface area contributed by atoms with Crippen LogP contribution in [0.3, 0.4) is 0 Å². The Bertz CT molecular complexity index is 427. The van der Waals surface area contributed by atoms with Crippen LogP contribution >= 0.6 is 0 Å². The number of aromatic nitrogens is 2. The van der Waals surface area contributed by atoms with Crippen LogP contribution in [0.1, 0.15) is 42.2 Å². The lowest BCUT2D eigenvalue weighted by molar-refractivity contribution is 0.0691. The van der Waals surface area contributed by atoms with Crippen molar-refractivity contribution in [1.29, 1.82) is 0 Å². The summed E-state index contributed by atoms with van der Waals surface area (Å²) >= 11 is 0. The molecule has 3 rings (SSSR count). The predicted octanol–water partition coefficient (Wildman–Crippen LogP) is 1.74. The minimum Gasteiger partial charge on any atom is -0.476 e. The van der Waals surface area contributed by atoms with Gasteiger partial charge in [0.05, 0.1) is 0 Å². The summed E-state index contributed by atoms with van der Waals surface area (Å²) in [5.74, 6) is 0.411. The fraction of sp³-hybridized carbons (Fsp3) is 0.636. The summed E-state index contributed by atoms with van der Waals surface area (Å²) in [4.78, 5) is 15.0. The van der Waals surface area contributed by atoms with Gasteiger partial charge < -0.3 is 15.0 Å². The molecule has 0 amide bonds. The van der Waals surface area contributed by atoms with E-state index >= 15 is 0 Å². The summed E-state index contributed by atoms with van der Waals surface area (Å²) in [5.41, 5.74) is 0.147. The van der Waals surface area contributed by atoms with Crippen molar-refractivity contribution in [3.05, 3.63) is 11.9 Å². The van der Waals surface area contributed by atoms with E-state index in [0.29, 0.717) is 12.0 Å². The molecular formula is C11H15N3O2. The number of hydrogen-bond acceptors (Lipinski definition) is 3. The van der Waals surface area contributed by atoms with Gasteiger partial charge in [-0.05, 0) is 18.8 Å². The van der Waals surface area contributed by atoms with Crippen LogP contribution in [0.25, 0.3) is 0 Å². The number of carbonyl (C=O) groups is 1. The maximum absolute atomic E-state index is 10.9. The molecule has 5 nitrogen and oxygen atoms in total. The van der Waals surface area contributed by atoms with E-state index in [1.54, 1.807) is 6.20 Å². The molecule has 16 heavy (non-hydrogen) atoms. The van der Waals surface area contributed by atoms with Crippen molar-refractivity contribution in [1.82, 2.24) is 9.55 Å². The fourth-order valence-electron chi connectivity index (χ4n) is 2.90. The zero-order valence-electron chi connectivity index (χ0n) is 9.02. The first-order valence-corrected chi connectivity index (χ1v) is 5.82. The molecule has 1 fully saturated rings. The van der Waals surface area contributed by atoms with E-state index in [1.165, 1.54) is 19.3 Å². The largest absolute Gasteiger partial charge is 0.476 e. The SMILES string of the molecule is O=C(O)c1cn2c(n1)NCC1CCCCC12. The highest BCUT2D eigenvalue weighted by atomic mass is 16.4. The number of nitrogens with zero attached hydrogens (tertiary/aromatic N) is 2. The number of imidazole rings is 1. The van der Waals surface area contributed by atoms with E-state index in [9.17, 15) is 4.79 Å². The van der Waals surface area contributed by atoms with Gasteiger partial charge in [0, 0.05) is 18.8 Å². The Hall–Kier alpha value is -1.52. The molecule has 1 aromatic rings. The minimum absolute atomic E-state index is 0.147. The minimum atomic E-state index is -0.948. The van der Waals surface area contributed by atoms with Gasteiger partial charge in [0.15, 0.2) is 5.69 Å². The average Bonchev–Trinajstić information content (AvgIpc) is 2.73. The second-order valence-corrected chi connectivity index (χ2v) is 4.65. The second kappa shape index (κ2) is 3.50. The van der Waals surface area contributed by atoms with Crippen molar-refractivity contribution in [2.24, 2.45) is 5.92 Å². The molecule has 86 valence electrons. The normalized spacial score (nSPS) is 27.8. The molecule has 0 bridgehead atoms. The molecular weight excluding hydrogens is 206 g/mol. The number of anilines is 1. The lowest BCUT2D eigenvalue weighted by Crippen LogP contribution is -2.34. The van der Waals surface area contributed by atoms with E-state index in [-0.39, 0.29) is 5.69 Å². The molecule has 2 heterocycles. The van der Waals surface area contributed by atoms with Crippen LogP contribution in [-0.2, 0) is 0 Å². The Morgan fingerprint density at radius 1 is 1.50 bits per heavy atom. The van der Waals surface area contributed by atoms with Crippen molar-refractivity contribution in [2.45, 2.75) is 31.7 Å². The molecule has 0 radical (unpaired) electrons. The predicted molar refractivity (Wildman–Crippen MR) is 58.7 cm³/mol. The summed E-state index contributed by atoms with van der Waals surface area (Å²) in [7, 11) is 0. The van der Waals surface area contributed by atoms with Crippen LogP contribution in [0.4, 0.5) is 5.95 Å². The van der Waals surface area contributed by atoms with Gasteiger partial charge in [-0.25, -0.2) is 9.78 Å². The monoisotopic (exact) mass is 221 g/mol. The lowest BCUT2D eigenvalue weighted by atomic mass is 9.83. The molecule has 2 atom stereocenters. The van der Waals surface area contributed by atoms with Gasteiger partial charge in [0.1, 0.15) is 0 Å². The molecule has 1 aliphatic carbocycles. The standard InChI is InChI=1S/C11H15N3O2/c15-10(16)8-6-14-9-4-2-1-3-7(9)5-12-11(14)13-8/h6-7,9H,1-5H2,(H,12,13)(H,15,16). The number of rotatable bonds is 1. The highest BCUT2D eigenvalue weighted by Gasteiger charge is 2.32. The number of fused-ring (bicyclic) bond motifs is 3. The van der Waals surface area contributed by atoms with Gasteiger partial charge >= 0.3 is 5.97 Å². The summed E-state index contributed by atoms with van der Waals surface area (Å²) in [6.45, 7) is 0.931. The van der Waals surface area contributed by atoms with Crippen LogP contribution in [0.2, 0.25) is 0 Å². The van der Waals surface area contributed by atoms with Gasteiger partial charge in [-0.1, -0.05) is 12.8 Å². The zero-order chi connectivity index (χ0) is 11.1. The fourth-order valence-corrected chi connectivity index (χ4v) is 2.90. The Morgan fingerprint density at radius 2 is 2.31 bits per heavy atom. The first kappa shape index (κ1) is 9.69. The number of aromatic carboxylic acids is 1. The highest BCUT2D eigenvalue weighted by molar-refractivity contribution is 5.85. The van der Waals surface area contributed by atoms with Crippen molar-refractivity contribution in [3.63, 3.8) is 0 Å². The summed E-state index contributed by atoms with van der Waals surface area (Å²) in [6, 6.07) is 0.450. The molecule has 1 aromatic heterocycles. The number of hydrogen-bond donors (Lipinski definition) is 2. The quantitative estimate of drug-likeness (QED) is 0.758. The molecule has 0 saturated heterocycles. The van der Waals surface area contributed by atoms with E-state index in [1.807, 2.05) is 4.57 Å². The second-order valence-electron chi connectivity index (χ2n) is 4.65. The Balaban J connectivity index is 1.97. The maximum Gasteiger partial charge on any atom is 0.356 e. The van der Waals surface area contributed by atoms with Gasteiger partial charge in [-0.15, -0.1) is 0 Å². The van der Waals surface area contributed by atoms with E-state index in [0.717, 1.165) is 18.9 Å². The third-order valence-electron chi connectivity index (χ3n) is 3.70. The molecule has 1 aliphatic heterocycles. The Morgan fingerprint density at radius 3 is 3.12 bits per heavy atom. The van der Waals surface area contributed by atoms with Gasteiger partial charge in [-0.2, -0.15) is 0 Å². The summed E-state index contributed by atoms with van der Waals surface area (Å²) in [5, 5.41) is 12.2. The van der Waals surface area contributed by atoms with Crippen LogP contribution < -0.4 is 5.32 Å². The highest BCUT2D eigenvalue weighted by Crippen LogP contribution is 2.38. The zero-order valence-corrected chi connectivity index (χ0v) is 9.02. The summed E-state index contributed by atoms with van der Waals surface area (Å²) < 4.78 is 2.02. The van der Waals surface area contributed by atoms with Gasteiger partial charge in [-0.3, -0.25) is 0 Å². The Labute approximate surface area is 93.5 Å². The van der Waals surface area contributed by atoms with Crippen LogP contribution in [-0.4, -0.2) is 27.2 Å². The average molecular weight is 221 g/mol. The maximum atomic E-state index is 10.9. The van der Waals surface area contributed by atoms with E-state index < -0.39 is 5.97 Å². The molecule has 2 N–H and O–H groups in total. The molecule has 2 unspecified atom stereocenters. The molecule has 1 saturated carbocycles. The van der Waals surface area contributed by atoms with Crippen molar-refractivity contribution in [3.8, 4) is 0 Å². The number of carboxylic acids is 1. The van der Waals surface area contributed by atoms with Crippen LogP contribution in [0, 0.1) is 5.92 Å². The lowest BCUT2D eigenvalue weighted by Gasteiger charge is -2.37. The van der Waals surface area contributed by atoms with Crippen LogP contribution in [0.15, 0.2) is 6.20 Å². The molecule has 2 aliphatic rings. The topological polar surface area (TPSA) is 67.1 Å². The first-order valence-electron chi connectivity index (χ1n) is 5.82. The molecule has 0 aromatic carbocycles. The third kappa shape index (κ3) is 1.38. The van der Waals surface area contributed by atoms with E-state index in [4.69, 9.17) is 5.11 Å².